The maximum Gasteiger partial charge on any atom is 0.361 e. The van der Waals surface area contributed by atoms with Crippen LogP contribution in [0.25, 0.3) is 0 Å². The molecule has 0 bridgehead atoms. The third-order valence-corrected chi connectivity index (χ3v) is 11.8. The average Bonchev–Trinajstić information content (AvgIpc) is 3.40. The van der Waals surface area contributed by atoms with Crippen LogP contribution in [0.3, 0.4) is 0 Å². The van der Waals surface area contributed by atoms with Crippen LogP contribution in [-0.2, 0) is 33.3 Å². The van der Waals surface area contributed by atoms with Gasteiger partial charge in [0.25, 0.3) is 6.29 Å². The molecule has 0 rings (SSSR count). The van der Waals surface area contributed by atoms with Gasteiger partial charge in [0.05, 0.1) is 34.4 Å². The Morgan fingerprint density at radius 3 is 1.04 bits per heavy atom. The van der Waals surface area contributed by atoms with Crippen molar-refractivity contribution in [1.82, 2.24) is 0 Å². The van der Waals surface area contributed by atoms with Crippen LogP contribution in [0.1, 0.15) is 194 Å². The summed E-state index contributed by atoms with van der Waals surface area (Å²) < 4.78 is 22.8. The number of unbranched alkanes of at least 4 members (excludes halogenated alkanes) is 11. The predicted molar refractivity (Wildman–Crippen MR) is 327 cm³/mol. The number of ether oxygens (including phenoxy) is 4. The molecule has 0 spiro atoms. The highest BCUT2D eigenvalue weighted by atomic mass is 16.7. The first-order valence-electron chi connectivity index (χ1n) is 29.6. The Morgan fingerprint density at radius 1 is 0.390 bits per heavy atom. The second-order valence-electron chi connectivity index (χ2n) is 20.2. The van der Waals surface area contributed by atoms with Gasteiger partial charge in [-0.3, -0.25) is 9.59 Å². The molecule has 9 heteroatoms. The first-order chi connectivity index (χ1) is 37.6. The van der Waals surface area contributed by atoms with E-state index in [1.165, 1.54) is 19.3 Å². The van der Waals surface area contributed by atoms with Crippen LogP contribution in [-0.4, -0.2) is 87.4 Å². The number of esters is 2. The van der Waals surface area contributed by atoms with E-state index < -0.39 is 24.3 Å². The Labute approximate surface area is 470 Å². The summed E-state index contributed by atoms with van der Waals surface area (Å²) in [7, 11) is 5.94. The van der Waals surface area contributed by atoms with Gasteiger partial charge < -0.3 is 28.5 Å². The monoisotopic (exact) mass is 1070 g/mol. The fourth-order valence-corrected chi connectivity index (χ4v) is 7.29. The third-order valence-electron chi connectivity index (χ3n) is 11.8. The number of allylic oxidation sites excluding steroid dienone is 26. The lowest BCUT2D eigenvalue weighted by Crippen LogP contribution is -2.40. The normalized spacial score (nSPS) is 13.9. The van der Waals surface area contributed by atoms with Gasteiger partial charge in [0, 0.05) is 12.8 Å². The lowest BCUT2D eigenvalue weighted by molar-refractivity contribution is -0.870. The Morgan fingerprint density at radius 2 is 0.701 bits per heavy atom. The number of carboxylic acids is 1. The lowest BCUT2D eigenvalue weighted by Gasteiger charge is -2.25. The van der Waals surface area contributed by atoms with Crippen molar-refractivity contribution in [2.75, 3.05) is 47.5 Å². The molecule has 2 unspecified atom stereocenters. The zero-order valence-corrected chi connectivity index (χ0v) is 49.0. The van der Waals surface area contributed by atoms with Crippen LogP contribution in [0.4, 0.5) is 0 Å². The summed E-state index contributed by atoms with van der Waals surface area (Å²) in [4.78, 5) is 37.4. The quantitative estimate of drug-likeness (QED) is 0.0211. The number of hydrogen-bond donors (Lipinski definition) is 1. The van der Waals surface area contributed by atoms with Crippen molar-refractivity contribution in [2.24, 2.45) is 0 Å². The van der Waals surface area contributed by atoms with Crippen LogP contribution in [0.2, 0.25) is 0 Å². The molecule has 0 fully saturated rings. The summed E-state index contributed by atoms with van der Waals surface area (Å²) in [6, 6.07) is 0. The third kappa shape index (κ3) is 58.4. The van der Waals surface area contributed by atoms with E-state index in [1.807, 2.05) is 21.1 Å². The van der Waals surface area contributed by atoms with Crippen molar-refractivity contribution >= 4 is 17.9 Å². The molecule has 9 nitrogen and oxygen atoms in total. The van der Waals surface area contributed by atoms with Gasteiger partial charge >= 0.3 is 17.9 Å². The molecule has 77 heavy (non-hydrogen) atoms. The minimum Gasteiger partial charge on any atom is -0.477 e. The molecule has 0 saturated heterocycles. The Balaban J connectivity index is 4.33. The molecule has 0 aliphatic rings. The zero-order valence-electron chi connectivity index (χ0n) is 49.0. The van der Waals surface area contributed by atoms with E-state index >= 15 is 0 Å². The average molecular weight is 1070 g/mol. The highest BCUT2D eigenvalue weighted by Crippen LogP contribution is 2.13. The van der Waals surface area contributed by atoms with Gasteiger partial charge in [0.15, 0.2) is 6.10 Å². The van der Waals surface area contributed by atoms with E-state index in [-0.39, 0.29) is 38.6 Å². The SMILES string of the molecule is CC/C=C\C/C=C\C/C=C\C/C=C\C/C=C\C/C=C\C/C=C\C/C=C\C/C=C\C/C=C\CCCCCCC(=O)OC(COC(=O)CCCCCCCCC/C=C\C/C=C\C/C=C\CC)COC(OCC[N+](C)(C)C)C(=O)O. The van der Waals surface area contributed by atoms with Gasteiger partial charge in [-0.25, -0.2) is 4.79 Å². The second kappa shape index (κ2) is 57.1. The molecule has 0 aliphatic heterocycles. The van der Waals surface area contributed by atoms with Crippen molar-refractivity contribution < 1.29 is 42.9 Å². The molecule has 432 valence electrons. The molecular weight excluding hydrogens is 959 g/mol. The Bertz CT molecular complexity index is 1810. The number of nitrogens with zero attached hydrogens (tertiary/aromatic N) is 1. The van der Waals surface area contributed by atoms with Crippen molar-refractivity contribution in [3.05, 3.63) is 158 Å². The van der Waals surface area contributed by atoms with Crippen LogP contribution in [0.5, 0.6) is 0 Å². The summed E-state index contributed by atoms with van der Waals surface area (Å²) in [6.07, 6.45) is 81.8. The van der Waals surface area contributed by atoms with E-state index in [0.29, 0.717) is 17.4 Å². The lowest BCUT2D eigenvalue weighted by atomic mass is 10.1. The van der Waals surface area contributed by atoms with Crippen LogP contribution >= 0.6 is 0 Å². The van der Waals surface area contributed by atoms with Crippen LogP contribution in [0.15, 0.2) is 158 Å². The summed E-state index contributed by atoms with van der Waals surface area (Å²) in [6.45, 7) is 4.58. The van der Waals surface area contributed by atoms with Crippen molar-refractivity contribution in [3.63, 3.8) is 0 Å². The number of carboxylic acid groups (broad SMARTS) is 1. The fraction of sp³-hybridized carbons (Fsp3) is 0.574. The number of likely N-dealkylation sites (N-methyl/N-ethyl adjacent to an activating group) is 1. The number of rotatable bonds is 52. The first kappa shape index (κ1) is 71.9. The molecule has 0 saturated carbocycles. The largest absolute Gasteiger partial charge is 0.477 e. The highest BCUT2D eigenvalue weighted by Gasteiger charge is 2.25. The van der Waals surface area contributed by atoms with Crippen molar-refractivity contribution in [2.45, 2.75) is 206 Å². The molecule has 0 aromatic carbocycles. The van der Waals surface area contributed by atoms with Crippen LogP contribution < -0.4 is 0 Å². The second-order valence-corrected chi connectivity index (χ2v) is 20.2. The van der Waals surface area contributed by atoms with Crippen molar-refractivity contribution in [3.8, 4) is 0 Å². The number of carbonyl (C=O) groups is 3. The number of aliphatic carboxylic acids is 1. The smallest absolute Gasteiger partial charge is 0.361 e. The van der Waals surface area contributed by atoms with Gasteiger partial charge in [-0.1, -0.05) is 217 Å². The number of quaternary nitrogens is 1. The highest BCUT2D eigenvalue weighted by molar-refractivity contribution is 5.71. The molecule has 0 radical (unpaired) electrons. The van der Waals surface area contributed by atoms with Gasteiger partial charge in [-0.2, -0.15) is 0 Å². The minimum atomic E-state index is -1.53. The molecule has 0 aromatic heterocycles. The van der Waals surface area contributed by atoms with Gasteiger partial charge in [-0.05, 0) is 122 Å². The van der Waals surface area contributed by atoms with E-state index in [1.54, 1.807) is 0 Å². The van der Waals surface area contributed by atoms with Crippen molar-refractivity contribution in [1.29, 1.82) is 0 Å². The van der Waals surface area contributed by atoms with Crippen LogP contribution in [0, 0.1) is 0 Å². The van der Waals surface area contributed by atoms with Gasteiger partial charge in [0.1, 0.15) is 13.2 Å². The van der Waals surface area contributed by atoms with E-state index in [4.69, 9.17) is 18.9 Å². The molecule has 0 aromatic rings. The van der Waals surface area contributed by atoms with Gasteiger partial charge in [-0.15, -0.1) is 0 Å². The maximum atomic E-state index is 12.9. The Kier molecular flexibility index (Phi) is 53.3. The van der Waals surface area contributed by atoms with Gasteiger partial charge in [0.2, 0.25) is 0 Å². The summed E-state index contributed by atoms with van der Waals surface area (Å²) in [5.74, 6) is -2.08. The fourth-order valence-electron chi connectivity index (χ4n) is 7.29. The summed E-state index contributed by atoms with van der Waals surface area (Å²) in [5, 5.41) is 9.70. The molecule has 2 atom stereocenters. The zero-order chi connectivity index (χ0) is 56.2. The molecule has 1 N–H and O–H groups in total. The van der Waals surface area contributed by atoms with E-state index in [9.17, 15) is 19.5 Å². The summed E-state index contributed by atoms with van der Waals surface area (Å²) >= 11 is 0. The number of carbonyl (C=O) groups excluding carboxylic acids is 2. The predicted octanol–water partition coefficient (Wildman–Crippen LogP) is 17.8. The summed E-state index contributed by atoms with van der Waals surface area (Å²) in [5.41, 5.74) is 0. The maximum absolute atomic E-state index is 12.9. The van der Waals surface area contributed by atoms with E-state index in [0.717, 1.165) is 141 Å². The standard InChI is InChI=1S/C68H107NO8/c1-6-8-10-12-14-16-18-20-22-24-25-26-27-28-29-30-31-32-33-34-35-36-37-38-39-40-41-43-45-47-49-51-53-55-57-59-66(71)77-64(63-76-68(67(72)73)74-61-60-69(3,4)5)62-75-65(70)58-56-54-52-50-48-46-44-42-23-21-19-17-15-13-11-9-7-2/h8-11,14-17,20-23,25-26,28-29,31-32,34-35,37-38,40-41,45,47,64,68H,6-7,12-13,18-19,24,27,30,33,36,39,42-44,46,48-63H2,1-5H3/p+1/b10-8-,11-9-,16-14-,17-15-,22-20-,23-21-,26-25-,29-28-,32-31-,35-34-,38-37-,41-40-,47-45-. The molecular formula is C68H108NO8+. The molecule has 0 aliphatic carbocycles. The minimum absolute atomic E-state index is 0.171. The topological polar surface area (TPSA) is 108 Å². The molecule has 0 amide bonds. The first-order valence-corrected chi connectivity index (χ1v) is 29.6. The van der Waals surface area contributed by atoms with E-state index in [2.05, 4.69) is 172 Å². The Hall–Kier alpha value is -5.09. The number of hydrogen-bond acceptors (Lipinski definition) is 7. The molecule has 0 heterocycles.